The summed E-state index contributed by atoms with van der Waals surface area (Å²) in [4.78, 5) is 0. The molecule has 0 bridgehead atoms. The van der Waals surface area contributed by atoms with Gasteiger partial charge in [0.2, 0.25) is 0 Å². The van der Waals surface area contributed by atoms with Crippen molar-refractivity contribution in [1.29, 1.82) is 0 Å². The Balaban J connectivity index is 2.34. The van der Waals surface area contributed by atoms with E-state index in [9.17, 15) is 4.39 Å². The largest absolute Gasteiger partial charge is 0.457 e. The number of benzene rings is 2. The SMILES string of the molecule is Cc1ccc(Oc2cccc(F)c2CBr)cc1C. The van der Waals surface area contributed by atoms with Gasteiger partial charge in [-0.2, -0.15) is 0 Å². The summed E-state index contributed by atoms with van der Waals surface area (Å²) in [6.07, 6.45) is 0. The van der Waals surface area contributed by atoms with Crippen LogP contribution in [-0.2, 0) is 5.33 Å². The van der Waals surface area contributed by atoms with Crippen LogP contribution < -0.4 is 4.74 Å². The Labute approximate surface area is 115 Å². The van der Waals surface area contributed by atoms with Crippen molar-refractivity contribution in [1.82, 2.24) is 0 Å². The molecule has 0 aliphatic carbocycles. The maximum absolute atomic E-state index is 13.6. The average Bonchev–Trinajstić information content (AvgIpc) is 2.34. The monoisotopic (exact) mass is 308 g/mol. The van der Waals surface area contributed by atoms with Gasteiger partial charge in [0.25, 0.3) is 0 Å². The van der Waals surface area contributed by atoms with Gasteiger partial charge in [-0.15, -0.1) is 0 Å². The minimum absolute atomic E-state index is 0.256. The van der Waals surface area contributed by atoms with Gasteiger partial charge >= 0.3 is 0 Å². The lowest BCUT2D eigenvalue weighted by molar-refractivity contribution is 0.470. The second-order valence-corrected chi connectivity index (χ2v) is 4.76. The van der Waals surface area contributed by atoms with E-state index in [-0.39, 0.29) is 5.82 Å². The van der Waals surface area contributed by atoms with Crippen LogP contribution in [0, 0.1) is 19.7 Å². The van der Waals surface area contributed by atoms with Crippen molar-refractivity contribution in [3.8, 4) is 11.5 Å². The Hall–Kier alpha value is -1.35. The summed E-state index contributed by atoms with van der Waals surface area (Å²) in [6.45, 7) is 4.07. The molecule has 0 radical (unpaired) electrons. The average molecular weight is 309 g/mol. The van der Waals surface area contributed by atoms with E-state index >= 15 is 0 Å². The van der Waals surface area contributed by atoms with Crippen LogP contribution in [-0.4, -0.2) is 0 Å². The number of hydrogen-bond donors (Lipinski definition) is 0. The standard InChI is InChI=1S/C15H14BrFO/c1-10-6-7-12(8-11(10)2)18-15-5-3-4-14(17)13(15)9-16/h3-8H,9H2,1-2H3. The number of alkyl halides is 1. The van der Waals surface area contributed by atoms with Crippen LogP contribution in [0.1, 0.15) is 16.7 Å². The van der Waals surface area contributed by atoms with Crippen molar-refractivity contribution < 1.29 is 9.13 Å². The summed E-state index contributed by atoms with van der Waals surface area (Å²) in [6, 6.07) is 10.7. The van der Waals surface area contributed by atoms with E-state index in [1.807, 2.05) is 32.0 Å². The third-order valence-electron chi connectivity index (χ3n) is 2.92. The molecule has 0 aliphatic heterocycles. The number of halogens is 2. The van der Waals surface area contributed by atoms with Gasteiger partial charge in [-0.25, -0.2) is 4.39 Å². The zero-order valence-electron chi connectivity index (χ0n) is 10.3. The molecular formula is C15H14BrFO. The zero-order valence-corrected chi connectivity index (χ0v) is 11.9. The van der Waals surface area contributed by atoms with E-state index in [0.717, 1.165) is 11.3 Å². The first-order chi connectivity index (χ1) is 8.61. The lowest BCUT2D eigenvalue weighted by atomic mass is 10.1. The molecule has 0 heterocycles. The fourth-order valence-electron chi connectivity index (χ4n) is 1.67. The van der Waals surface area contributed by atoms with Crippen molar-refractivity contribution in [2.45, 2.75) is 19.2 Å². The summed E-state index contributed by atoms with van der Waals surface area (Å²) in [5, 5.41) is 0.430. The summed E-state index contributed by atoms with van der Waals surface area (Å²) in [5.41, 5.74) is 2.90. The van der Waals surface area contributed by atoms with Gasteiger partial charge in [-0.3, -0.25) is 0 Å². The molecule has 2 aromatic carbocycles. The van der Waals surface area contributed by atoms with Crippen LogP contribution in [0.25, 0.3) is 0 Å². The molecule has 18 heavy (non-hydrogen) atoms. The maximum atomic E-state index is 13.6. The predicted molar refractivity (Wildman–Crippen MR) is 75.0 cm³/mol. The van der Waals surface area contributed by atoms with Crippen molar-refractivity contribution >= 4 is 15.9 Å². The van der Waals surface area contributed by atoms with Crippen molar-refractivity contribution in [3.05, 3.63) is 58.9 Å². The van der Waals surface area contributed by atoms with E-state index in [0.29, 0.717) is 16.6 Å². The van der Waals surface area contributed by atoms with Crippen molar-refractivity contribution in [2.75, 3.05) is 0 Å². The molecule has 0 saturated heterocycles. The van der Waals surface area contributed by atoms with Crippen molar-refractivity contribution in [3.63, 3.8) is 0 Å². The Morgan fingerprint density at radius 1 is 1.11 bits per heavy atom. The van der Waals surface area contributed by atoms with Crippen LogP contribution in [0.2, 0.25) is 0 Å². The highest BCUT2D eigenvalue weighted by Crippen LogP contribution is 2.29. The van der Waals surface area contributed by atoms with Gasteiger partial charge in [0.05, 0.1) is 0 Å². The molecule has 3 heteroatoms. The molecule has 0 fully saturated rings. The van der Waals surface area contributed by atoms with E-state index in [4.69, 9.17) is 4.74 Å². The van der Waals surface area contributed by atoms with Crippen LogP contribution >= 0.6 is 15.9 Å². The smallest absolute Gasteiger partial charge is 0.134 e. The predicted octanol–water partition coefficient (Wildman–Crippen LogP) is 5.13. The van der Waals surface area contributed by atoms with Crippen LogP contribution in [0.4, 0.5) is 4.39 Å². The van der Waals surface area contributed by atoms with Crippen LogP contribution in [0.3, 0.4) is 0 Å². The van der Waals surface area contributed by atoms with E-state index in [2.05, 4.69) is 15.9 Å². The van der Waals surface area contributed by atoms with E-state index in [1.54, 1.807) is 12.1 Å². The molecule has 0 atom stereocenters. The lowest BCUT2D eigenvalue weighted by Crippen LogP contribution is -1.93. The lowest BCUT2D eigenvalue weighted by Gasteiger charge is -2.11. The number of aryl methyl sites for hydroxylation is 2. The highest BCUT2D eigenvalue weighted by Gasteiger charge is 2.09. The molecule has 2 rings (SSSR count). The minimum atomic E-state index is -0.256. The van der Waals surface area contributed by atoms with Gasteiger partial charge in [-0.05, 0) is 49.2 Å². The summed E-state index contributed by atoms with van der Waals surface area (Å²) < 4.78 is 19.3. The number of ether oxygens (including phenoxy) is 1. The quantitative estimate of drug-likeness (QED) is 0.714. The Morgan fingerprint density at radius 3 is 2.56 bits per heavy atom. The van der Waals surface area contributed by atoms with E-state index in [1.165, 1.54) is 11.6 Å². The van der Waals surface area contributed by atoms with Gasteiger partial charge in [0, 0.05) is 10.9 Å². The first-order valence-electron chi connectivity index (χ1n) is 5.70. The topological polar surface area (TPSA) is 9.23 Å². The Kier molecular flexibility index (Phi) is 4.02. The third kappa shape index (κ3) is 2.72. The molecule has 2 aromatic rings. The molecule has 0 aliphatic rings. The minimum Gasteiger partial charge on any atom is -0.457 e. The van der Waals surface area contributed by atoms with Crippen LogP contribution in [0.5, 0.6) is 11.5 Å². The molecule has 0 N–H and O–H groups in total. The molecule has 0 aromatic heterocycles. The Bertz CT molecular complexity index is 566. The first kappa shape index (κ1) is 13.1. The summed E-state index contributed by atoms with van der Waals surface area (Å²) >= 11 is 3.28. The maximum Gasteiger partial charge on any atom is 0.134 e. The fourth-order valence-corrected chi connectivity index (χ4v) is 2.21. The van der Waals surface area contributed by atoms with E-state index < -0.39 is 0 Å². The molecule has 0 unspecified atom stereocenters. The van der Waals surface area contributed by atoms with Gasteiger partial charge in [0.1, 0.15) is 17.3 Å². The highest BCUT2D eigenvalue weighted by molar-refractivity contribution is 9.08. The van der Waals surface area contributed by atoms with Gasteiger partial charge in [0.15, 0.2) is 0 Å². The zero-order chi connectivity index (χ0) is 13.1. The molecule has 0 saturated carbocycles. The Morgan fingerprint density at radius 2 is 1.89 bits per heavy atom. The van der Waals surface area contributed by atoms with Gasteiger partial charge in [-0.1, -0.05) is 28.1 Å². The normalized spacial score (nSPS) is 10.4. The second-order valence-electron chi connectivity index (χ2n) is 4.20. The molecule has 1 nitrogen and oxygen atoms in total. The second kappa shape index (κ2) is 5.53. The highest BCUT2D eigenvalue weighted by atomic mass is 79.9. The summed E-state index contributed by atoms with van der Waals surface area (Å²) in [5.74, 6) is 1.02. The number of hydrogen-bond acceptors (Lipinski definition) is 1. The fraction of sp³-hybridized carbons (Fsp3) is 0.200. The van der Waals surface area contributed by atoms with Gasteiger partial charge < -0.3 is 4.74 Å². The van der Waals surface area contributed by atoms with Crippen LogP contribution in [0.15, 0.2) is 36.4 Å². The molecule has 94 valence electrons. The number of rotatable bonds is 3. The molecule has 0 amide bonds. The van der Waals surface area contributed by atoms with Crippen molar-refractivity contribution in [2.24, 2.45) is 0 Å². The molecular weight excluding hydrogens is 295 g/mol. The molecule has 0 spiro atoms. The summed E-state index contributed by atoms with van der Waals surface area (Å²) in [7, 11) is 0. The first-order valence-corrected chi connectivity index (χ1v) is 6.82. The third-order valence-corrected chi connectivity index (χ3v) is 3.48.